The molecular formula is C17H19BrClNS. The van der Waals surface area contributed by atoms with Crippen LogP contribution in [0.15, 0.2) is 51.8 Å². The van der Waals surface area contributed by atoms with Gasteiger partial charge in [0.1, 0.15) is 0 Å². The lowest BCUT2D eigenvalue weighted by Crippen LogP contribution is -2.22. The first-order valence-electron chi connectivity index (χ1n) is 6.94. The second-order valence-electron chi connectivity index (χ2n) is 5.17. The summed E-state index contributed by atoms with van der Waals surface area (Å²) in [4.78, 5) is 1.29. The molecule has 4 heteroatoms. The molecule has 0 bridgehead atoms. The van der Waals surface area contributed by atoms with Crippen LogP contribution in [0.5, 0.6) is 0 Å². The number of hydrogen-bond acceptors (Lipinski definition) is 2. The van der Waals surface area contributed by atoms with E-state index in [4.69, 9.17) is 11.6 Å². The topological polar surface area (TPSA) is 12.0 Å². The van der Waals surface area contributed by atoms with Crippen molar-refractivity contribution in [3.63, 3.8) is 0 Å². The second kappa shape index (κ2) is 8.23. The fourth-order valence-electron chi connectivity index (χ4n) is 1.89. The third kappa shape index (κ3) is 5.33. The van der Waals surface area contributed by atoms with Gasteiger partial charge in [-0.05, 0) is 29.3 Å². The van der Waals surface area contributed by atoms with E-state index in [0.29, 0.717) is 6.04 Å². The molecule has 1 N–H and O–H groups in total. The molecular weight excluding hydrogens is 366 g/mol. The standard InChI is InChI=1S/C17H19BrClNS/c1-12(2)20-10-13-7-8-15(18)9-17(13)21-11-14-5-3-4-6-16(14)19/h3-9,12,20H,10-11H2,1-2H3. The Bertz CT molecular complexity index is 601. The maximum Gasteiger partial charge on any atom is 0.0446 e. The fraction of sp³-hybridized carbons (Fsp3) is 0.294. The zero-order chi connectivity index (χ0) is 15.2. The third-order valence-electron chi connectivity index (χ3n) is 3.07. The Labute approximate surface area is 144 Å². The molecule has 0 unspecified atom stereocenters. The van der Waals surface area contributed by atoms with Crippen molar-refractivity contribution in [1.29, 1.82) is 0 Å². The number of hydrogen-bond donors (Lipinski definition) is 1. The van der Waals surface area contributed by atoms with Crippen LogP contribution >= 0.6 is 39.3 Å². The summed E-state index contributed by atoms with van der Waals surface area (Å²) in [5, 5.41) is 4.31. The van der Waals surface area contributed by atoms with Gasteiger partial charge in [-0.15, -0.1) is 11.8 Å². The van der Waals surface area contributed by atoms with Gasteiger partial charge in [0.15, 0.2) is 0 Å². The average Bonchev–Trinajstić information content (AvgIpc) is 2.45. The molecule has 112 valence electrons. The Balaban J connectivity index is 2.11. The lowest BCUT2D eigenvalue weighted by Gasteiger charge is -2.13. The van der Waals surface area contributed by atoms with Gasteiger partial charge in [0.25, 0.3) is 0 Å². The van der Waals surface area contributed by atoms with Crippen LogP contribution in [0.1, 0.15) is 25.0 Å². The largest absolute Gasteiger partial charge is 0.310 e. The van der Waals surface area contributed by atoms with Gasteiger partial charge in [-0.1, -0.05) is 65.6 Å². The summed E-state index contributed by atoms with van der Waals surface area (Å²) >= 11 is 11.6. The van der Waals surface area contributed by atoms with Crippen LogP contribution in [-0.4, -0.2) is 6.04 Å². The van der Waals surface area contributed by atoms with Gasteiger partial charge in [-0.2, -0.15) is 0 Å². The van der Waals surface area contributed by atoms with Crippen molar-refractivity contribution in [3.05, 3.63) is 63.1 Å². The van der Waals surface area contributed by atoms with Crippen LogP contribution < -0.4 is 5.32 Å². The zero-order valence-corrected chi connectivity index (χ0v) is 15.4. The molecule has 1 nitrogen and oxygen atoms in total. The number of halogens is 2. The predicted octanol–water partition coefficient (Wildman–Crippen LogP) is 5.89. The van der Waals surface area contributed by atoms with Crippen LogP contribution in [0.4, 0.5) is 0 Å². The van der Waals surface area contributed by atoms with E-state index < -0.39 is 0 Å². The quantitative estimate of drug-likeness (QED) is 0.623. The monoisotopic (exact) mass is 383 g/mol. The molecule has 21 heavy (non-hydrogen) atoms. The van der Waals surface area contributed by atoms with E-state index in [2.05, 4.69) is 59.4 Å². The van der Waals surface area contributed by atoms with E-state index in [1.54, 1.807) is 0 Å². The SMILES string of the molecule is CC(C)NCc1ccc(Br)cc1SCc1ccccc1Cl. The van der Waals surface area contributed by atoms with Crippen molar-refractivity contribution in [2.24, 2.45) is 0 Å². The van der Waals surface area contributed by atoms with Crippen molar-refractivity contribution in [2.45, 2.75) is 37.1 Å². The minimum atomic E-state index is 0.482. The molecule has 0 saturated carbocycles. The molecule has 0 atom stereocenters. The molecule has 0 aromatic heterocycles. The highest BCUT2D eigenvalue weighted by Crippen LogP contribution is 2.31. The molecule has 0 radical (unpaired) electrons. The lowest BCUT2D eigenvalue weighted by molar-refractivity contribution is 0.584. The van der Waals surface area contributed by atoms with Crippen LogP contribution in [0.3, 0.4) is 0 Å². The second-order valence-corrected chi connectivity index (χ2v) is 7.51. The number of thioether (sulfide) groups is 1. The minimum absolute atomic E-state index is 0.482. The summed E-state index contributed by atoms with van der Waals surface area (Å²) < 4.78 is 1.11. The Morgan fingerprint density at radius 1 is 1.14 bits per heavy atom. The van der Waals surface area contributed by atoms with Gasteiger partial charge in [0, 0.05) is 32.7 Å². The molecule has 0 aliphatic rings. The highest BCUT2D eigenvalue weighted by molar-refractivity contribution is 9.10. The Kier molecular flexibility index (Phi) is 6.62. The first kappa shape index (κ1) is 16.9. The van der Waals surface area contributed by atoms with Crippen LogP contribution in [-0.2, 0) is 12.3 Å². The van der Waals surface area contributed by atoms with Gasteiger partial charge in [0.05, 0.1) is 0 Å². The molecule has 2 rings (SSSR count). The molecule has 0 amide bonds. The molecule has 0 aliphatic heterocycles. The molecule has 0 fully saturated rings. The van der Waals surface area contributed by atoms with Gasteiger partial charge in [0.2, 0.25) is 0 Å². The van der Waals surface area contributed by atoms with E-state index >= 15 is 0 Å². The maximum atomic E-state index is 6.23. The summed E-state index contributed by atoms with van der Waals surface area (Å²) in [5.74, 6) is 0.880. The van der Waals surface area contributed by atoms with Crippen LogP contribution in [0.2, 0.25) is 5.02 Å². The minimum Gasteiger partial charge on any atom is -0.310 e. The Hall–Kier alpha value is -0.480. The first-order chi connectivity index (χ1) is 10.1. The van der Waals surface area contributed by atoms with Crippen LogP contribution in [0, 0.1) is 0 Å². The Morgan fingerprint density at radius 3 is 2.62 bits per heavy atom. The smallest absolute Gasteiger partial charge is 0.0446 e. The average molecular weight is 385 g/mol. The Morgan fingerprint density at radius 2 is 1.90 bits per heavy atom. The highest BCUT2D eigenvalue weighted by Gasteiger charge is 2.07. The third-order valence-corrected chi connectivity index (χ3v) is 5.08. The summed E-state index contributed by atoms with van der Waals surface area (Å²) in [6, 6.07) is 15.0. The normalized spacial score (nSPS) is 11.1. The first-order valence-corrected chi connectivity index (χ1v) is 9.10. The highest BCUT2D eigenvalue weighted by atomic mass is 79.9. The van der Waals surface area contributed by atoms with Crippen molar-refractivity contribution < 1.29 is 0 Å². The van der Waals surface area contributed by atoms with Gasteiger partial charge in [-0.25, -0.2) is 0 Å². The molecule has 2 aromatic rings. The number of rotatable bonds is 6. The van der Waals surface area contributed by atoms with E-state index in [1.165, 1.54) is 16.0 Å². The zero-order valence-electron chi connectivity index (χ0n) is 12.2. The van der Waals surface area contributed by atoms with E-state index in [0.717, 1.165) is 21.8 Å². The molecule has 2 aromatic carbocycles. The van der Waals surface area contributed by atoms with Crippen molar-refractivity contribution in [3.8, 4) is 0 Å². The molecule has 0 saturated heterocycles. The summed E-state index contributed by atoms with van der Waals surface area (Å²) in [6.45, 7) is 5.21. The summed E-state index contributed by atoms with van der Waals surface area (Å²) in [5.41, 5.74) is 2.50. The number of nitrogens with one attached hydrogen (secondary N) is 1. The van der Waals surface area contributed by atoms with Crippen molar-refractivity contribution in [2.75, 3.05) is 0 Å². The summed E-state index contributed by atoms with van der Waals surface area (Å²) in [6.07, 6.45) is 0. The van der Waals surface area contributed by atoms with Crippen molar-refractivity contribution in [1.82, 2.24) is 5.32 Å². The predicted molar refractivity (Wildman–Crippen MR) is 97.1 cm³/mol. The maximum absolute atomic E-state index is 6.23. The van der Waals surface area contributed by atoms with Gasteiger partial charge >= 0.3 is 0 Å². The fourth-order valence-corrected chi connectivity index (χ4v) is 3.79. The van der Waals surface area contributed by atoms with E-state index in [1.807, 2.05) is 30.0 Å². The van der Waals surface area contributed by atoms with Crippen LogP contribution in [0.25, 0.3) is 0 Å². The molecule has 0 spiro atoms. The van der Waals surface area contributed by atoms with E-state index in [-0.39, 0.29) is 0 Å². The summed E-state index contributed by atoms with van der Waals surface area (Å²) in [7, 11) is 0. The lowest BCUT2D eigenvalue weighted by atomic mass is 10.2. The van der Waals surface area contributed by atoms with Crippen molar-refractivity contribution >= 4 is 39.3 Å². The van der Waals surface area contributed by atoms with Gasteiger partial charge in [-0.3, -0.25) is 0 Å². The molecule has 0 aliphatic carbocycles. The molecule has 0 heterocycles. The van der Waals surface area contributed by atoms with Gasteiger partial charge < -0.3 is 5.32 Å². The van der Waals surface area contributed by atoms with E-state index in [9.17, 15) is 0 Å². The number of benzene rings is 2.